The van der Waals surface area contributed by atoms with E-state index in [-0.39, 0.29) is 36.0 Å². The summed E-state index contributed by atoms with van der Waals surface area (Å²) in [5.74, 6) is -0.515. The summed E-state index contributed by atoms with van der Waals surface area (Å²) in [6, 6.07) is 2.55. The van der Waals surface area contributed by atoms with Gasteiger partial charge in [-0.2, -0.15) is 13.2 Å². The quantitative estimate of drug-likeness (QED) is 0.838. The van der Waals surface area contributed by atoms with E-state index in [9.17, 15) is 18.0 Å². The smallest absolute Gasteiger partial charge is 0.329 e. The molecular formula is C16H20ClF3N2O. The third kappa shape index (κ3) is 2.83. The molecule has 23 heavy (non-hydrogen) atoms. The van der Waals surface area contributed by atoms with Crippen LogP contribution >= 0.6 is 12.4 Å². The van der Waals surface area contributed by atoms with Crippen molar-refractivity contribution in [2.75, 3.05) is 13.1 Å². The number of amides is 1. The fourth-order valence-electron chi connectivity index (χ4n) is 3.46. The number of nitrogens with one attached hydrogen (secondary N) is 1. The number of benzene rings is 1. The van der Waals surface area contributed by atoms with Gasteiger partial charge < -0.3 is 10.2 Å². The Morgan fingerprint density at radius 3 is 2.52 bits per heavy atom. The molecule has 0 aromatic heterocycles. The number of carbonyl (C=O) groups excluding carboxylic acids is 1. The average Bonchev–Trinajstić information content (AvgIpc) is 2.71. The van der Waals surface area contributed by atoms with Crippen LogP contribution < -0.4 is 5.32 Å². The lowest BCUT2D eigenvalue weighted by atomic mass is 9.89. The van der Waals surface area contributed by atoms with Crippen molar-refractivity contribution < 1.29 is 18.0 Å². The maximum atomic E-state index is 13.4. The van der Waals surface area contributed by atoms with Crippen molar-refractivity contribution in [1.29, 1.82) is 0 Å². The summed E-state index contributed by atoms with van der Waals surface area (Å²) in [4.78, 5) is 14.1. The Labute approximate surface area is 139 Å². The Hall–Kier alpha value is -1.27. The SMILES string of the molecule is CC(C)c1cc2c(c(C(F)(F)F)c1)C(=O)N1CCN[C@@H](C)[C@@H]21.Cl. The molecular weight excluding hydrogens is 329 g/mol. The maximum absolute atomic E-state index is 13.4. The molecule has 0 spiro atoms. The molecule has 0 radical (unpaired) electrons. The van der Waals surface area contributed by atoms with Gasteiger partial charge in [-0.3, -0.25) is 4.79 Å². The number of hydrogen-bond donors (Lipinski definition) is 1. The zero-order valence-electron chi connectivity index (χ0n) is 13.2. The van der Waals surface area contributed by atoms with Crippen LogP contribution in [0.15, 0.2) is 12.1 Å². The van der Waals surface area contributed by atoms with Crippen LogP contribution in [-0.4, -0.2) is 29.9 Å². The molecule has 2 heterocycles. The summed E-state index contributed by atoms with van der Waals surface area (Å²) in [7, 11) is 0. The highest BCUT2D eigenvalue weighted by Gasteiger charge is 2.47. The lowest BCUT2D eigenvalue weighted by Crippen LogP contribution is -2.50. The minimum atomic E-state index is -4.52. The van der Waals surface area contributed by atoms with E-state index in [0.29, 0.717) is 24.2 Å². The number of fused-ring (bicyclic) bond motifs is 3. The fourth-order valence-corrected chi connectivity index (χ4v) is 3.46. The fraction of sp³-hybridized carbons (Fsp3) is 0.562. The van der Waals surface area contributed by atoms with Crippen LogP contribution in [0, 0.1) is 0 Å². The predicted octanol–water partition coefficient (Wildman–Crippen LogP) is 3.74. The molecule has 1 N–H and O–H groups in total. The second-order valence-corrected chi connectivity index (χ2v) is 6.37. The van der Waals surface area contributed by atoms with Crippen molar-refractivity contribution in [3.8, 4) is 0 Å². The zero-order valence-corrected chi connectivity index (χ0v) is 14.0. The van der Waals surface area contributed by atoms with E-state index >= 15 is 0 Å². The first-order valence-electron chi connectivity index (χ1n) is 7.51. The van der Waals surface area contributed by atoms with Gasteiger partial charge in [0.25, 0.3) is 5.91 Å². The number of piperazine rings is 1. The highest BCUT2D eigenvalue weighted by atomic mass is 35.5. The molecule has 2 atom stereocenters. The molecule has 1 saturated heterocycles. The monoisotopic (exact) mass is 348 g/mol. The first kappa shape index (κ1) is 18.1. The number of alkyl halides is 3. The molecule has 2 aliphatic heterocycles. The first-order valence-corrected chi connectivity index (χ1v) is 7.51. The van der Waals surface area contributed by atoms with E-state index in [1.165, 1.54) is 0 Å². The lowest BCUT2D eigenvalue weighted by molar-refractivity contribution is -0.138. The molecule has 128 valence electrons. The van der Waals surface area contributed by atoms with Crippen molar-refractivity contribution in [3.63, 3.8) is 0 Å². The van der Waals surface area contributed by atoms with Gasteiger partial charge in [0.1, 0.15) is 0 Å². The minimum Gasteiger partial charge on any atom is -0.329 e. The van der Waals surface area contributed by atoms with Crippen molar-refractivity contribution >= 4 is 18.3 Å². The van der Waals surface area contributed by atoms with Crippen LogP contribution in [0.2, 0.25) is 0 Å². The second-order valence-electron chi connectivity index (χ2n) is 6.37. The van der Waals surface area contributed by atoms with Crippen LogP contribution in [0.25, 0.3) is 0 Å². The maximum Gasteiger partial charge on any atom is 0.417 e. The van der Waals surface area contributed by atoms with E-state index in [0.717, 1.165) is 6.07 Å². The van der Waals surface area contributed by atoms with E-state index in [2.05, 4.69) is 5.32 Å². The van der Waals surface area contributed by atoms with Gasteiger partial charge in [-0.05, 0) is 30.0 Å². The summed E-state index contributed by atoms with van der Waals surface area (Å²) in [5.41, 5.74) is 0.194. The summed E-state index contributed by atoms with van der Waals surface area (Å²) >= 11 is 0. The van der Waals surface area contributed by atoms with Crippen molar-refractivity contribution in [1.82, 2.24) is 10.2 Å². The number of halogens is 4. The Morgan fingerprint density at radius 1 is 1.30 bits per heavy atom. The summed E-state index contributed by atoms with van der Waals surface area (Å²) in [6.07, 6.45) is -4.52. The molecule has 3 nitrogen and oxygen atoms in total. The first-order chi connectivity index (χ1) is 10.2. The molecule has 0 saturated carbocycles. The molecule has 1 amide bonds. The molecule has 2 aliphatic rings. The summed E-state index contributed by atoms with van der Waals surface area (Å²) < 4.78 is 40.3. The number of nitrogens with zero attached hydrogens (tertiary/aromatic N) is 1. The number of carbonyl (C=O) groups is 1. The Morgan fingerprint density at radius 2 is 1.96 bits per heavy atom. The van der Waals surface area contributed by atoms with Gasteiger partial charge in [0.15, 0.2) is 0 Å². The molecule has 1 fully saturated rings. The normalized spacial score (nSPS) is 23.6. The summed E-state index contributed by atoms with van der Waals surface area (Å²) in [5, 5.41) is 3.25. The van der Waals surface area contributed by atoms with E-state index in [4.69, 9.17) is 0 Å². The second kappa shape index (κ2) is 5.98. The van der Waals surface area contributed by atoms with Crippen LogP contribution in [-0.2, 0) is 6.18 Å². The third-order valence-corrected chi connectivity index (χ3v) is 4.59. The average molecular weight is 349 g/mol. The van der Waals surface area contributed by atoms with Crippen molar-refractivity contribution in [2.24, 2.45) is 0 Å². The van der Waals surface area contributed by atoms with Gasteiger partial charge in [-0.1, -0.05) is 19.9 Å². The van der Waals surface area contributed by atoms with Gasteiger partial charge in [0.05, 0.1) is 17.2 Å². The highest BCUT2D eigenvalue weighted by Crippen LogP contribution is 2.45. The standard InChI is InChI=1S/C16H19F3N2O.ClH/c1-8(2)10-6-11-13(12(7-10)16(17,18)19)15(22)21-5-4-20-9(3)14(11)21;/h6-9,14,20H,4-5H2,1-3H3;1H/t9-,14-;/m0./s1. The van der Waals surface area contributed by atoms with Gasteiger partial charge in [-0.25, -0.2) is 0 Å². The Kier molecular flexibility index (Phi) is 4.70. The van der Waals surface area contributed by atoms with Gasteiger partial charge in [0.2, 0.25) is 0 Å². The molecule has 7 heteroatoms. The molecule has 3 rings (SSSR count). The molecule has 1 aromatic carbocycles. The van der Waals surface area contributed by atoms with Crippen molar-refractivity contribution in [2.45, 2.75) is 44.9 Å². The van der Waals surface area contributed by atoms with Crippen LogP contribution in [0.4, 0.5) is 13.2 Å². The Balaban J connectivity index is 0.00000192. The van der Waals surface area contributed by atoms with Gasteiger partial charge in [0, 0.05) is 19.1 Å². The van der Waals surface area contributed by atoms with Crippen LogP contribution in [0.3, 0.4) is 0 Å². The summed E-state index contributed by atoms with van der Waals surface area (Å²) in [6.45, 7) is 6.68. The number of hydrogen-bond acceptors (Lipinski definition) is 2. The molecule has 0 unspecified atom stereocenters. The van der Waals surface area contributed by atoms with E-state index in [1.807, 2.05) is 20.8 Å². The van der Waals surface area contributed by atoms with Crippen molar-refractivity contribution in [3.05, 3.63) is 34.4 Å². The van der Waals surface area contributed by atoms with Gasteiger partial charge >= 0.3 is 6.18 Å². The van der Waals surface area contributed by atoms with E-state index in [1.54, 1.807) is 11.0 Å². The topological polar surface area (TPSA) is 32.3 Å². The molecule has 1 aromatic rings. The third-order valence-electron chi connectivity index (χ3n) is 4.59. The Bertz CT molecular complexity index is 630. The zero-order chi connectivity index (χ0) is 16.2. The van der Waals surface area contributed by atoms with Crippen LogP contribution in [0.1, 0.15) is 59.8 Å². The largest absolute Gasteiger partial charge is 0.417 e. The highest BCUT2D eigenvalue weighted by molar-refractivity contribution is 6.01. The molecule has 0 aliphatic carbocycles. The predicted molar refractivity (Wildman–Crippen MR) is 84.0 cm³/mol. The lowest BCUT2D eigenvalue weighted by Gasteiger charge is -2.36. The van der Waals surface area contributed by atoms with Crippen LogP contribution in [0.5, 0.6) is 0 Å². The van der Waals surface area contributed by atoms with E-state index < -0.39 is 17.6 Å². The number of rotatable bonds is 1. The minimum absolute atomic E-state index is 0. The van der Waals surface area contributed by atoms with Gasteiger partial charge in [-0.15, -0.1) is 12.4 Å². The molecule has 0 bridgehead atoms.